The molecule has 0 atom stereocenters. The topological polar surface area (TPSA) is 153 Å². The molecule has 0 bridgehead atoms. The van der Waals surface area contributed by atoms with Crippen molar-refractivity contribution in [1.82, 2.24) is 5.32 Å². The lowest BCUT2D eigenvalue weighted by Gasteiger charge is -2.18. The molecule has 0 unspecified atom stereocenters. The smallest absolute Gasteiger partial charge is 0.336 e. The lowest BCUT2D eigenvalue weighted by Crippen LogP contribution is -2.42. The molecule has 0 spiro atoms. The summed E-state index contributed by atoms with van der Waals surface area (Å²) in [5, 5.41) is 37.9. The fraction of sp³-hybridized carbons (Fsp3) is 0.281. The third-order valence-electron chi connectivity index (χ3n) is 6.00. The molecular formula is C32H36ClNO8. The third kappa shape index (κ3) is 11.4. The van der Waals surface area contributed by atoms with Crippen LogP contribution < -0.4 is 10.1 Å². The molecule has 3 aromatic carbocycles. The first-order chi connectivity index (χ1) is 20.1. The molecule has 0 aliphatic rings. The molecule has 0 fully saturated rings. The third-order valence-corrected chi connectivity index (χ3v) is 6.41. The number of carboxylic acids is 3. The highest BCUT2D eigenvalue weighted by Gasteiger charge is 2.40. The summed E-state index contributed by atoms with van der Waals surface area (Å²) in [5.74, 6) is -4.13. The van der Waals surface area contributed by atoms with Gasteiger partial charge in [-0.1, -0.05) is 91.3 Å². The molecule has 3 rings (SSSR count). The Labute approximate surface area is 250 Å². The van der Waals surface area contributed by atoms with E-state index in [1.54, 1.807) is 0 Å². The second-order valence-electron chi connectivity index (χ2n) is 9.33. The van der Waals surface area contributed by atoms with Crippen LogP contribution in [-0.4, -0.2) is 63.6 Å². The van der Waals surface area contributed by atoms with Crippen LogP contribution in [0.1, 0.15) is 49.3 Å². The van der Waals surface area contributed by atoms with Crippen LogP contribution in [0.4, 0.5) is 0 Å². The number of hydrogen-bond acceptors (Lipinski definition) is 6. The molecule has 0 aliphatic carbocycles. The standard InChI is InChI=1S/C26H28ClNO.C6H8O7/c1-2-28-19-9-10-20-29-24-17-15-22(16-18-24)25(21-11-5-3-6-12-21)26(27)23-13-7-4-8-14-23;7-3(8)1-6(13,5(11)12)2-4(9)10/h3-8,11-18,28H,2,9-10,19-20H2,1H3;13H,1-2H2,(H,7,8)(H,9,10)(H,11,12)/b26-25-;. The van der Waals surface area contributed by atoms with Gasteiger partial charge in [0, 0.05) is 5.57 Å². The van der Waals surface area contributed by atoms with E-state index in [1.807, 2.05) is 60.7 Å². The predicted octanol–water partition coefficient (Wildman–Crippen LogP) is 5.36. The van der Waals surface area contributed by atoms with Gasteiger partial charge in [-0.2, -0.15) is 0 Å². The van der Waals surface area contributed by atoms with Crippen LogP contribution in [-0.2, 0) is 14.4 Å². The van der Waals surface area contributed by atoms with Gasteiger partial charge in [-0.25, -0.2) is 4.79 Å². The lowest BCUT2D eigenvalue weighted by molar-refractivity contribution is -0.170. The maximum absolute atomic E-state index is 10.3. The van der Waals surface area contributed by atoms with E-state index in [9.17, 15) is 14.4 Å². The van der Waals surface area contributed by atoms with Gasteiger partial charge in [-0.3, -0.25) is 9.59 Å². The average molecular weight is 598 g/mol. The molecule has 9 nitrogen and oxygen atoms in total. The summed E-state index contributed by atoms with van der Waals surface area (Å²) >= 11 is 6.87. The van der Waals surface area contributed by atoms with E-state index in [1.165, 1.54) is 0 Å². The van der Waals surface area contributed by atoms with Gasteiger partial charge in [0.25, 0.3) is 0 Å². The summed E-state index contributed by atoms with van der Waals surface area (Å²) in [6, 6.07) is 28.6. The number of carboxylic acid groups (broad SMARTS) is 3. The van der Waals surface area contributed by atoms with Gasteiger partial charge in [0.1, 0.15) is 5.75 Å². The maximum atomic E-state index is 10.3. The number of nitrogens with one attached hydrogen (secondary N) is 1. The van der Waals surface area contributed by atoms with Gasteiger partial charge < -0.3 is 30.5 Å². The van der Waals surface area contributed by atoms with Crippen LogP contribution in [0.5, 0.6) is 5.75 Å². The van der Waals surface area contributed by atoms with Gasteiger partial charge >= 0.3 is 17.9 Å². The first-order valence-electron chi connectivity index (χ1n) is 13.4. The van der Waals surface area contributed by atoms with Gasteiger partial charge in [0.2, 0.25) is 0 Å². The van der Waals surface area contributed by atoms with Crippen LogP contribution in [0.3, 0.4) is 0 Å². The summed E-state index contributed by atoms with van der Waals surface area (Å²) in [5.41, 5.74) is 1.46. The van der Waals surface area contributed by atoms with Gasteiger partial charge in [0.05, 0.1) is 24.5 Å². The highest BCUT2D eigenvalue weighted by molar-refractivity contribution is 6.53. The molecular weight excluding hydrogens is 562 g/mol. The summed E-state index contributed by atoms with van der Waals surface area (Å²) in [6.07, 6.45) is -0.119. The molecule has 0 amide bonds. The molecule has 0 aliphatic heterocycles. The maximum Gasteiger partial charge on any atom is 0.336 e. The zero-order valence-electron chi connectivity index (χ0n) is 23.3. The second-order valence-corrected chi connectivity index (χ2v) is 9.71. The minimum atomic E-state index is -2.74. The number of carbonyl (C=O) groups is 3. The van der Waals surface area contributed by atoms with Crippen LogP contribution in [0, 0.1) is 0 Å². The Morgan fingerprint density at radius 3 is 1.74 bits per heavy atom. The Balaban J connectivity index is 0.000000401. The Kier molecular flexibility index (Phi) is 14.3. The molecule has 0 aromatic heterocycles. The van der Waals surface area contributed by atoms with Crippen molar-refractivity contribution in [1.29, 1.82) is 0 Å². The lowest BCUT2D eigenvalue weighted by atomic mass is 9.95. The van der Waals surface area contributed by atoms with E-state index in [4.69, 9.17) is 36.8 Å². The zero-order chi connectivity index (χ0) is 31.0. The number of rotatable bonds is 15. The molecule has 0 heterocycles. The Morgan fingerprint density at radius 1 is 0.762 bits per heavy atom. The SMILES string of the molecule is CCNCCCCOc1ccc(/C(=C(\Cl)c2ccccc2)c2ccccc2)cc1.O=C(O)CC(O)(CC(=O)O)C(=O)O. The van der Waals surface area contributed by atoms with Crippen molar-refractivity contribution in [3.8, 4) is 5.75 Å². The highest BCUT2D eigenvalue weighted by Crippen LogP contribution is 2.35. The van der Waals surface area contributed by atoms with Crippen molar-refractivity contribution in [2.45, 2.75) is 38.2 Å². The summed E-state index contributed by atoms with van der Waals surface area (Å²) in [4.78, 5) is 30.5. The van der Waals surface area contributed by atoms with E-state index in [-0.39, 0.29) is 0 Å². The summed E-state index contributed by atoms with van der Waals surface area (Å²) in [6.45, 7) is 4.92. The van der Waals surface area contributed by atoms with E-state index in [0.717, 1.165) is 65.6 Å². The minimum absolute atomic E-state index is 0.733. The van der Waals surface area contributed by atoms with Crippen molar-refractivity contribution in [2.24, 2.45) is 0 Å². The van der Waals surface area contributed by atoms with Gasteiger partial charge in [0.15, 0.2) is 5.60 Å². The van der Waals surface area contributed by atoms with Crippen LogP contribution >= 0.6 is 11.6 Å². The van der Waals surface area contributed by atoms with E-state index in [0.29, 0.717) is 0 Å². The number of unbranched alkanes of at least 4 members (excludes halogenated alkanes) is 1. The van der Waals surface area contributed by atoms with Crippen molar-refractivity contribution < 1.29 is 39.5 Å². The van der Waals surface area contributed by atoms with Crippen molar-refractivity contribution in [2.75, 3.05) is 19.7 Å². The molecule has 0 radical (unpaired) electrons. The fourth-order valence-electron chi connectivity index (χ4n) is 3.90. The van der Waals surface area contributed by atoms with E-state index >= 15 is 0 Å². The monoisotopic (exact) mass is 597 g/mol. The molecule has 0 saturated carbocycles. The summed E-state index contributed by atoms with van der Waals surface area (Å²) < 4.78 is 5.89. The summed E-state index contributed by atoms with van der Waals surface area (Å²) in [7, 11) is 0. The Morgan fingerprint density at radius 2 is 1.26 bits per heavy atom. The number of hydrogen-bond donors (Lipinski definition) is 5. The number of benzene rings is 3. The normalized spacial score (nSPS) is 11.5. The van der Waals surface area contributed by atoms with Crippen LogP contribution in [0.25, 0.3) is 10.6 Å². The van der Waals surface area contributed by atoms with Crippen molar-refractivity contribution in [3.05, 3.63) is 102 Å². The minimum Gasteiger partial charge on any atom is -0.494 e. The van der Waals surface area contributed by atoms with Gasteiger partial charge in [-0.15, -0.1) is 0 Å². The molecule has 42 heavy (non-hydrogen) atoms. The van der Waals surface area contributed by atoms with Crippen LogP contribution in [0.2, 0.25) is 0 Å². The Bertz CT molecular complexity index is 1300. The highest BCUT2D eigenvalue weighted by atomic mass is 35.5. The Hall–Kier alpha value is -4.18. The zero-order valence-corrected chi connectivity index (χ0v) is 24.1. The largest absolute Gasteiger partial charge is 0.494 e. The predicted molar refractivity (Wildman–Crippen MR) is 161 cm³/mol. The van der Waals surface area contributed by atoms with Crippen LogP contribution in [0.15, 0.2) is 84.9 Å². The second kappa shape index (κ2) is 17.6. The fourth-order valence-corrected chi connectivity index (χ4v) is 4.25. The molecule has 10 heteroatoms. The van der Waals surface area contributed by atoms with Gasteiger partial charge in [-0.05, 0) is 54.8 Å². The van der Waals surface area contributed by atoms with E-state index < -0.39 is 36.4 Å². The van der Waals surface area contributed by atoms with Crippen molar-refractivity contribution in [3.63, 3.8) is 0 Å². The van der Waals surface area contributed by atoms with E-state index in [2.05, 4.69) is 36.5 Å². The molecule has 0 saturated heterocycles. The number of ether oxygens (including phenoxy) is 1. The number of aliphatic hydroxyl groups is 1. The number of aliphatic carboxylic acids is 3. The average Bonchev–Trinajstić information content (AvgIpc) is 2.96. The number of halogens is 1. The molecule has 5 N–H and O–H groups in total. The molecule has 224 valence electrons. The first kappa shape index (κ1) is 34.0. The van der Waals surface area contributed by atoms with Crippen molar-refractivity contribution >= 4 is 40.1 Å². The first-order valence-corrected chi connectivity index (χ1v) is 13.8. The quantitative estimate of drug-likeness (QED) is 0.115. The molecule has 3 aromatic rings.